The van der Waals surface area contributed by atoms with Gasteiger partial charge in [0.1, 0.15) is 5.82 Å². The number of rotatable bonds is 4. The zero-order valence-electron chi connectivity index (χ0n) is 16.0. The number of nitrogens with zero attached hydrogens (tertiary/aromatic N) is 2. The number of H-pyrrole nitrogens is 1. The summed E-state index contributed by atoms with van der Waals surface area (Å²) in [4.78, 5) is 24.9. The van der Waals surface area contributed by atoms with Gasteiger partial charge in [-0.2, -0.15) is 0 Å². The first-order valence-electron chi connectivity index (χ1n) is 10.0. The highest BCUT2D eigenvalue weighted by Gasteiger charge is 2.26. The maximum atomic E-state index is 12.7. The van der Waals surface area contributed by atoms with Crippen LogP contribution in [0.4, 0.5) is 0 Å². The van der Waals surface area contributed by atoms with Crippen LogP contribution in [0.2, 0.25) is 0 Å². The molecule has 6 nitrogen and oxygen atoms in total. The first-order chi connectivity index (χ1) is 14.3. The lowest BCUT2D eigenvalue weighted by Crippen LogP contribution is -2.38. The maximum Gasteiger partial charge on any atom is 0.251 e. The molecule has 1 aliphatic carbocycles. The molecule has 146 valence electrons. The van der Waals surface area contributed by atoms with Crippen LogP contribution in [0.3, 0.4) is 0 Å². The van der Waals surface area contributed by atoms with Crippen LogP contribution >= 0.6 is 0 Å². The fourth-order valence-electron chi connectivity index (χ4n) is 4.15. The van der Waals surface area contributed by atoms with E-state index in [4.69, 9.17) is 9.40 Å². The van der Waals surface area contributed by atoms with Crippen LogP contribution in [0.5, 0.6) is 0 Å². The molecule has 0 aliphatic heterocycles. The van der Waals surface area contributed by atoms with Crippen LogP contribution in [-0.4, -0.2) is 26.9 Å². The Morgan fingerprint density at radius 3 is 2.76 bits per heavy atom. The normalized spacial score (nSPS) is 19.3. The Bertz CT molecular complexity index is 1080. The summed E-state index contributed by atoms with van der Waals surface area (Å²) in [5, 5.41) is 3.21. The van der Waals surface area contributed by atoms with Gasteiger partial charge in [0, 0.05) is 23.1 Å². The number of carbonyl (C=O) groups is 1. The third-order valence-electron chi connectivity index (χ3n) is 5.67. The van der Waals surface area contributed by atoms with Gasteiger partial charge in [-0.15, -0.1) is 0 Å². The van der Waals surface area contributed by atoms with Crippen LogP contribution in [0.15, 0.2) is 65.5 Å². The highest BCUT2D eigenvalue weighted by Crippen LogP contribution is 2.32. The number of aromatic amines is 1. The summed E-state index contributed by atoms with van der Waals surface area (Å²) in [5.41, 5.74) is 3.63. The van der Waals surface area contributed by atoms with Crippen LogP contribution < -0.4 is 5.32 Å². The second-order valence-corrected chi connectivity index (χ2v) is 7.62. The van der Waals surface area contributed by atoms with Crippen molar-refractivity contribution in [3.63, 3.8) is 0 Å². The molecule has 2 unspecified atom stereocenters. The molecule has 29 heavy (non-hydrogen) atoms. The van der Waals surface area contributed by atoms with Gasteiger partial charge in [0.15, 0.2) is 12.2 Å². The van der Waals surface area contributed by atoms with E-state index in [1.54, 1.807) is 6.20 Å². The molecule has 5 rings (SSSR count). The topological polar surface area (TPSA) is 83.8 Å². The summed E-state index contributed by atoms with van der Waals surface area (Å²) in [6, 6.07) is 15.7. The molecule has 0 radical (unpaired) electrons. The van der Waals surface area contributed by atoms with Crippen molar-refractivity contribution in [3.8, 4) is 11.3 Å². The van der Waals surface area contributed by atoms with E-state index in [-0.39, 0.29) is 11.9 Å². The Balaban J connectivity index is 1.25. The number of nitrogens with one attached hydrogen (secondary N) is 2. The molecular weight excluding hydrogens is 364 g/mol. The number of benzene rings is 2. The Morgan fingerprint density at radius 1 is 1.10 bits per heavy atom. The van der Waals surface area contributed by atoms with Gasteiger partial charge < -0.3 is 14.7 Å². The first kappa shape index (κ1) is 17.7. The molecule has 1 saturated carbocycles. The summed E-state index contributed by atoms with van der Waals surface area (Å²) in [5.74, 6) is 2.03. The van der Waals surface area contributed by atoms with Crippen molar-refractivity contribution in [2.24, 2.45) is 0 Å². The van der Waals surface area contributed by atoms with Crippen molar-refractivity contribution >= 4 is 16.9 Å². The largest absolute Gasteiger partial charge is 0.444 e. The van der Waals surface area contributed by atoms with Crippen molar-refractivity contribution in [1.29, 1.82) is 0 Å². The number of aromatic nitrogens is 3. The summed E-state index contributed by atoms with van der Waals surface area (Å²) >= 11 is 0. The minimum Gasteiger partial charge on any atom is -0.444 e. The molecule has 1 fully saturated rings. The Morgan fingerprint density at radius 2 is 1.97 bits per heavy atom. The van der Waals surface area contributed by atoms with Crippen LogP contribution in [0.1, 0.15) is 47.8 Å². The molecule has 2 N–H and O–H groups in total. The predicted octanol–water partition coefficient (Wildman–Crippen LogP) is 4.67. The molecule has 2 aromatic carbocycles. The predicted molar refractivity (Wildman–Crippen MR) is 110 cm³/mol. The SMILES string of the molecule is O=C(NC1CCCC(c2nc3ccccc3[nH]2)C1)c1ccc(-c2cnco2)cc1. The van der Waals surface area contributed by atoms with E-state index in [2.05, 4.69) is 21.4 Å². The smallest absolute Gasteiger partial charge is 0.251 e. The third kappa shape index (κ3) is 3.66. The van der Waals surface area contributed by atoms with Crippen molar-refractivity contribution in [3.05, 3.63) is 72.5 Å². The monoisotopic (exact) mass is 386 g/mol. The van der Waals surface area contributed by atoms with Gasteiger partial charge in [-0.05, 0) is 43.5 Å². The fourth-order valence-corrected chi connectivity index (χ4v) is 4.15. The van der Waals surface area contributed by atoms with Gasteiger partial charge in [-0.25, -0.2) is 9.97 Å². The second kappa shape index (κ2) is 7.54. The minimum absolute atomic E-state index is 0.0376. The van der Waals surface area contributed by atoms with Crippen molar-refractivity contribution in [2.75, 3.05) is 0 Å². The van der Waals surface area contributed by atoms with E-state index in [1.807, 2.05) is 42.5 Å². The van der Waals surface area contributed by atoms with Gasteiger partial charge in [0.2, 0.25) is 0 Å². The fraction of sp³-hybridized carbons (Fsp3) is 0.261. The van der Waals surface area contributed by atoms with Gasteiger partial charge >= 0.3 is 0 Å². The lowest BCUT2D eigenvalue weighted by molar-refractivity contribution is 0.0924. The van der Waals surface area contributed by atoms with E-state index in [9.17, 15) is 4.79 Å². The summed E-state index contributed by atoms with van der Waals surface area (Å²) < 4.78 is 5.30. The number of amides is 1. The number of carbonyl (C=O) groups excluding carboxylic acids is 1. The zero-order valence-corrected chi connectivity index (χ0v) is 16.0. The molecule has 1 aliphatic rings. The molecule has 1 amide bonds. The van der Waals surface area contributed by atoms with E-state index >= 15 is 0 Å². The summed E-state index contributed by atoms with van der Waals surface area (Å²) in [7, 11) is 0. The van der Waals surface area contributed by atoms with Gasteiger partial charge in [0.05, 0.1) is 17.2 Å². The van der Waals surface area contributed by atoms with E-state index < -0.39 is 0 Å². The Hall–Kier alpha value is -3.41. The van der Waals surface area contributed by atoms with Crippen LogP contribution in [0.25, 0.3) is 22.4 Å². The number of hydrogen-bond donors (Lipinski definition) is 2. The Kier molecular flexibility index (Phi) is 4.60. The molecule has 2 atom stereocenters. The van der Waals surface area contributed by atoms with Crippen LogP contribution in [-0.2, 0) is 0 Å². The van der Waals surface area contributed by atoms with E-state index in [0.29, 0.717) is 17.2 Å². The number of hydrogen-bond acceptors (Lipinski definition) is 4. The molecule has 0 spiro atoms. The first-order valence-corrected chi connectivity index (χ1v) is 10.0. The summed E-state index contributed by atoms with van der Waals surface area (Å²) in [6.07, 6.45) is 7.14. The molecule has 2 heterocycles. The maximum absolute atomic E-state index is 12.7. The average molecular weight is 386 g/mol. The minimum atomic E-state index is -0.0376. The number of oxazole rings is 1. The second-order valence-electron chi connectivity index (χ2n) is 7.62. The number of fused-ring (bicyclic) bond motifs is 1. The Labute approximate surface area is 168 Å². The molecule has 6 heteroatoms. The molecule has 0 saturated heterocycles. The molecular formula is C23H22N4O2. The quantitative estimate of drug-likeness (QED) is 0.534. The van der Waals surface area contributed by atoms with E-state index in [0.717, 1.165) is 48.1 Å². The zero-order chi connectivity index (χ0) is 19.6. The summed E-state index contributed by atoms with van der Waals surface area (Å²) in [6.45, 7) is 0. The molecule has 0 bridgehead atoms. The van der Waals surface area contributed by atoms with Crippen LogP contribution in [0, 0.1) is 0 Å². The highest BCUT2D eigenvalue weighted by atomic mass is 16.3. The number of imidazole rings is 1. The van der Waals surface area contributed by atoms with Gasteiger partial charge in [-0.1, -0.05) is 30.7 Å². The highest BCUT2D eigenvalue weighted by molar-refractivity contribution is 5.94. The van der Waals surface area contributed by atoms with Crippen molar-refractivity contribution in [1.82, 2.24) is 20.3 Å². The van der Waals surface area contributed by atoms with Gasteiger partial charge in [-0.3, -0.25) is 4.79 Å². The number of para-hydroxylation sites is 2. The molecule has 4 aromatic rings. The molecule has 2 aromatic heterocycles. The van der Waals surface area contributed by atoms with Crippen molar-refractivity contribution in [2.45, 2.75) is 37.6 Å². The lowest BCUT2D eigenvalue weighted by atomic mass is 9.85. The third-order valence-corrected chi connectivity index (χ3v) is 5.67. The van der Waals surface area contributed by atoms with E-state index in [1.165, 1.54) is 6.39 Å². The lowest BCUT2D eigenvalue weighted by Gasteiger charge is -2.28. The standard InChI is InChI=1S/C23H22N4O2/c28-23(16-10-8-15(9-11-16)21-13-24-14-29-21)25-18-5-3-4-17(12-18)22-26-19-6-1-2-7-20(19)27-22/h1-2,6-11,13-14,17-18H,3-5,12H2,(H,25,28)(H,26,27). The average Bonchev–Trinajstić information content (AvgIpc) is 3.44. The van der Waals surface area contributed by atoms with Gasteiger partial charge in [0.25, 0.3) is 5.91 Å². The van der Waals surface area contributed by atoms with Crippen molar-refractivity contribution < 1.29 is 9.21 Å².